The quantitative estimate of drug-likeness (QED) is 0.421. The van der Waals surface area contributed by atoms with E-state index in [4.69, 9.17) is 11.6 Å². The highest BCUT2D eigenvalue weighted by Gasteiger charge is 2.21. The van der Waals surface area contributed by atoms with Gasteiger partial charge < -0.3 is 5.32 Å². The maximum atomic E-state index is 14.4. The highest BCUT2D eigenvalue weighted by Crippen LogP contribution is 2.21. The summed E-state index contributed by atoms with van der Waals surface area (Å²) in [6.45, 7) is 2.06. The van der Waals surface area contributed by atoms with Crippen LogP contribution in [0.4, 0.5) is 4.39 Å². The molecule has 1 amide bonds. The predicted octanol–water partition coefficient (Wildman–Crippen LogP) is 4.12. The first-order chi connectivity index (χ1) is 17.4. The molecule has 8 nitrogen and oxygen atoms in total. The van der Waals surface area contributed by atoms with Crippen molar-refractivity contribution in [2.45, 2.75) is 64.6 Å². The van der Waals surface area contributed by atoms with Crippen LogP contribution in [0, 0.1) is 5.82 Å². The van der Waals surface area contributed by atoms with Crippen LogP contribution in [0.2, 0.25) is 5.02 Å². The molecule has 1 saturated carbocycles. The second-order valence-corrected chi connectivity index (χ2v) is 9.68. The van der Waals surface area contributed by atoms with E-state index in [-0.39, 0.29) is 45.9 Å². The molecule has 2 aromatic heterocycles. The van der Waals surface area contributed by atoms with Crippen molar-refractivity contribution < 1.29 is 9.18 Å². The van der Waals surface area contributed by atoms with Gasteiger partial charge in [0.25, 0.3) is 11.5 Å². The first-order valence-corrected chi connectivity index (χ1v) is 12.7. The molecule has 1 aliphatic rings. The summed E-state index contributed by atoms with van der Waals surface area (Å²) in [5, 5.41) is 7.94. The number of benzene rings is 2. The standard InChI is InChI=1S/C26H27ClFN5O3/c1-2-13-31-24(35)18-12-11-16(23(34)29-17-7-4-3-5-8-17)14-22(18)33-25(31)30-32(26(33)36)15-19-20(27)9-6-10-21(19)28/h6,9-12,14,17H,2-5,7-8,13,15H2,1H3,(H,29,34). The van der Waals surface area contributed by atoms with Crippen molar-refractivity contribution in [1.82, 2.24) is 24.1 Å². The number of aryl methyl sites for hydroxylation is 1. The van der Waals surface area contributed by atoms with Gasteiger partial charge in [-0.15, -0.1) is 5.10 Å². The van der Waals surface area contributed by atoms with Gasteiger partial charge in [-0.1, -0.05) is 43.9 Å². The predicted molar refractivity (Wildman–Crippen MR) is 136 cm³/mol. The third kappa shape index (κ3) is 4.32. The van der Waals surface area contributed by atoms with Gasteiger partial charge in [0.15, 0.2) is 0 Å². The zero-order valence-electron chi connectivity index (χ0n) is 20.0. The SMILES string of the molecule is CCCn1c(=O)c2ccc(C(=O)NC3CCCCC3)cc2n2c(=O)n(Cc3c(F)cccc3Cl)nc12. The lowest BCUT2D eigenvalue weighted by molar-refractivity contribution is 0.0928. The summed E-state index contributed by atoms with van der Waals surface area (Å²) in [5.41, 5.74) is -0.0806. The molecule has 2 aromatic carbocycles. The number of hydrogen-bond acceptors (Lipinski definition) is 4. The monoisotopic (exact) mass is 511 g/mol. The summed E-state index contributed by atoms with van der Waals surface area (Å²) in [7, 11) is 0. The fourth-order valence-electron chi connectivity index (χ4n) is 4.93. The van der Waals surface area contributed by atoms with Gasteiger partial charge in [0.2, 0.25) is 5.78 Å². The summed E-state index contributed by atoms with van der Waals surface area (Å²) in [5.74, 6) is -0.658. The van der Waals surface area contributed by atoms with Crippen molar-refractivity contribution in [3.8, 4) is 0 Å². The molecule has 0 saturated heterocycles. The first-order valence-electron chi connectivity index (χ1n) is 12.3. The molecular weight excluding hydrogens is 485 g/mol. The van der Waals surface area contributed by atoms with E-state index < -0.39 is 11.5 Å². The lowest BCUT2D eigenvalue weighted by atomic mass is 9.95. The number of carbonyl (C=O) groups excluding carboxylic acids is 1. The number of fused-ring (bicyclic) bond motifs is 3. The third-order valence-electron chi connectivity index (χ3n) is 6.80. The van der Waals surface area contributed by atoms with E-state index in [1.54, 1.807) is 24.3 Å². The number of nitrogens with zero attached hydrogens (tertiary/aromatic N) is 4. The Bertz CT molecular complexity index is 1560. The maximum absolute atomic E-state index is 14.4. The van der Waals surface area contributed by atoms with E-state index >= 15 is 0 Å². The average molecular weight is 512 g/mol. The molecule has 0 spiro atoms. The van der Waals surface area contributed by atoms with Crippen LogP contribution >= 0.6 is 11.6 Å². The van der Waals surface area contributed by atoms with Crippen LogP contribution in [0.3, 0.4) is 0 Å². The highest BCUT2D eigenvalue weighted by atomic mass is 35.5. The second-order valence-electron chi connectivity index (χ2n) is 9.27. The van der Waals surface area contributed by atoms with E-state index in [0.717, 1.165) is 30.4 Å². The van der Waals surface area contributed by atoms with Gasteiger partial charge in [-0.2, -0.15) is 0 Å². The number of halogens is 2. The van der Waals surface area contributed by atoms with E-state index in [1.165, 1.54) is 27.5 Å². The van der Waals surface area contributed by atoms with E-state index in [9.17, 15) is 18.8 Å². The summed E-state index contributed by atoms with van der Waals surface area (Å²) in [6, 6.07) is 9.16. The number of rotatable bonds is 6. The average Bonchev–Trinajstić information content (AvgIpc) is 3.20. The van der Waals surface area contributed by atoms with Gasteiger partial charge in [0, 0.05) is 28.7 Å². The van der Waals surface area contributed by atoms with Gasteiger partial charge in [-0.05, 0) is 49.6 Å². The Hall–Kier alpha value is -3.46. The minimum atomic E-state index is -0.552. The Kier molecular flexibility index (Phi) is 6.66. The number of nitrogens with one attached hydrogen (secondary N) is 1. The van der Waals surface area contributed by atoms with Crippen molar-refractivity contribution in [2.24, 2.45) is 0 Å². The Labute approximate surface area is 211 Å². The van der Waals surface area contributed by atoms with Gasteiger partial charge in [0.05, 0.1) is 17.4 Å². The molecule has 0 bridgehead atoms. The van der Waals surface area contributed by atoms with Crippen molar-refractivity contribution in [3.05, 3.63) is 79.2 Å². The molecule has 1 N–H and O–H groups in total. The minimum absolute atomic E-state index is 0.121. The molecule has 1 fully saturated rings. The topological polar surface area (TPSA) is 90.4 Å². The molecule has 188 valence electrons. The van der Waals surface area contributed by atoms with Crippen LogP contribution in [0.15, 0.2) is 46.0 Å². The summed E-state index contributed by atoms with van der Waals surface area (Å²) in [4.78, 5) is 39.8. The summed E-state index contributed by atoms with van der Waals surface area (Å²) in [6.07, 6.45) is 5.87. The number of aromatic nitrogens is 4. The molecular formula is C26H27ClFN5O3. The summed E-state index contributed by atoms with van der Waals surface area (Å²) < 4.78 is 18.3. The number of carbonyl (C=O) groups is 1. The van der Waals surface area contributed by atoms with Crippen LogP contribution in [0.1, 0.15) is 61.4 Å². The number of hydrogen-bond donors (Lipinski definition) is 1. The smallest absolute Gasteiger partial charge is 0.349 e. The Morgan fingerprint density at radius 3 is 2.67 bits per heavy atom. The molecule has 0 atom stereocenters. The summed E-state index contributed by atoms with van der Waals surface area (Å²) >= 11 is 6.18. The van der Waals surface area contributed by atoms with Crippen molar-refractivity contribution in [2.75, 3.05) is 0 Å². The van der Waals surface area contributed by atoms with Crippen LogP contribution in [-0.4, -0.2) is 30.7 Å². The highest BCUT2D eigenvalue weighted by molar-refractivity contribution is 6.31. The largest absolute Gasteiger partial charge is 0.352 e. The minimum Gasteiger partial charge on any atom is -0.349 e. The lowest BCUT2D eigenvalue weighted by Crippen LogP contribution is -2.36. The van der Waals surface area contributed by atoms with E-state index in [0.29, 0.717) is 23.9 Å². The first kappa shape index (κ1) is 24.2. The van der Waals surface area contributed by atoms with Gasteiger partial charge in [-0.3, -0.25) is 14.2 Å². The van der Waals surface area contributed by atoms with Crippen LogP contribution in [0.25, 0.3) is 16.7 Å². The zero-order chi connectivity index (χ0) is 25.4. The fourth-order valence-corrected chi connectivity index (χ4v) is 5.16. The molecule has 0 radical (unpaired) electrons. The third-order valence-corrected chi connectivity index (χ3v) is 7.15. The van der Waals surface area contributed by atoms with Crippen LogP contribution < -0.4 is 16.6 Å². The Morgan fingerprint density at radius 1 is 1.17 bits per heavy atom. The van der Waals surface area contributed by atoms with E-state index in [1.807, 2.05) is 6.92 Å². The maximum Gasteiger partial charge on any atom is 0.352 e. The van der Waals surface area contributed by atoms with Crippen molar-refractivity contribution >= 4 is 34.2 Å². The zero-order valence-corrected chi connectivity index (χ0v) is 20.7. The van der Waals surface area contributed by atoms with E-state index in [2.05, 4.69) is 10.4 Å². The molecule has 5 rings (SSSR count). The Balaban J connectivity index is 1.66. The number of amides is 1. The molecule has 0 unspecified atom stereocenters. The van der Waals surface area contributed by atoms with Gasteiger partial charge in [0.1, 0.15) is 5.82 Å². The normalized spacial score (nSPS) is 14.5. The molecule has 10 heteroatoms. The van der Waals surface area contributed by atoms with Crippen LogP contribution in [-0.2, 0) is 13.1 Å². The van der Waals surface area contributed by atoms with Gasteiger partial charge in [-0.25, -0.2) is 18.3 Å². The fraction of sp³-hybridized carbons (Fsp3) is 0.385. The second kappa shape index (κ2) is 9.89. The molecule has 36 heavy (non-hydrogen) atoms. The van der Waals surface area contributed by atoms with Gasteiger partial charge >= 0.3 is 5.69 Å². The van der Waals surface area contributed by atoms with Crippen molar-refractivity contribution in [3.63, 3.8) is 0 Å². The molecule has 2 heterocycles. The molecule has 1 aliphatic carbocycles. The lowest BCUT2D eigenvalue weighted by Gasteiger charge is -2.22. The Morgan fingerprint density at radius 2 is 1.94 bits per heavy atom. The molecule has 0 aliphatic heterocycles. The van der Waals surface area contributed by atoms with Crippen molar-refractivity contribution in [1.29, 1.82) is 0 Å². The van der Waals surface area contributed by atoms with Crippen LogP contribution in [0.5, 0.6) is 0 Å². The molecule has 4 aromatic rings.